The van der Waals surface area contributed by atoms with Gasteiger partial charge in [0.1, 0.15) is 5.75 Å². The van der Waals surface area contributed by atoms with Crippen LogP contribution < -0.4 is 4.74 Å². The van der Waals surface area contributed by atoms with Crippen LogP contribution in [0.15, 0.2) is 35.1 Å². The van der Waals surface area contributed by atoms with Crippen LogP contribution >= 0.6 is 15.9 Å². The van der Waals surface area contributed by atoms with Gasteiger partial charge in [0.05, 0.1) is 11.1 Å². The predicted octanol–water partition coefficient (Wildman–Crippen LogP) is 2.64. The number of hydrogen-bond acceptors (Lipinski definition) is 6. The fraction of sp³-hybridized carbons (Fsp3) is 0. The highest BCUT2D eigenvalue weighted by atomic mass is 79.9. The highest BCUT2D eigenvalue weighted by Gasteiger charge is 2.20. The molecular formula is C11H6BrN3O5. The van der Waals surface area contributed by atoms with E-state index in [2.05, 4.69) is 25.9 Å². The Morgan fingerprint density at radius 1 is 1.40 bits per heavy atom. The maximum Gasteiger partial charge on any atom is 0.354 e. The van der Waals surface area contributed by atoms with Crippen LogP contribution in [0, 0.1) is 10.1 Å². The minimum atomic E-state index is -1.31. The summed E-state index contributed by atoms with van der Waals surface area (Å²) in [6.45, 7) is 0. The molecule has 102 valence electrons. The molecular weight excluding hydrogens is 334 g/mol. The molecule has 0 aliphatic rings. The van der Waals surface area contributed by atoms with Gasteiger partial charge in [0.2, 0.25) is 0 Å². The minimum Gasteiger partial charge on any atom is -0.477 e. The molecule has 0 aromatic carbocycles. The smallest absolute Gasteiger partial charge is 0.354 e. The van der Waals surface area contributed by atoms with Crippen molar-refractivity contribution in [1.82, 2.24) is 9.97 Å². The largest absolute Gasteiger partial charge is 0.477 e. The molecule has 0 aliphatic heterocycles. The van der Waals surface area contributed by atoms with Gasteiger partial charge in [0.15, 0.2) is 5.69 Å². The molecule has 0 amide bonds. The maximum atomic E-state index is 10.9. The van der Waals surface area contributed by atoms with Gasteiger partial charge in [-0.25, -0.2) is 4.79 Å². The zero-order valence-corrected chi connectivity index (χ0v) is 11.3. The zero-order valence-electron chi connectivity index (χ0n) is 9.69. The van der Waals surface area contributed by atoms with E-state index in [4.69, 9.17) is 9.84 Å². The molecule has 2 heterocycles. The van der Waals surface area contributed by atoms with Gasteiger partial charge in [-0.2, -0.15) is 4.98 Å². The summed E-state index contributed by atoms with van der Waals surface area (Å²) in [6, 6.07) is 3.58. The number of carbonyl (C=O) groups is 1. The lowest BCUT2D eigenvalue weighted by atomic mass is 10.3. The van der Waals surface area contributed by atoms with Crippen LogP contribution in [0.1, 0.15) is 10.5 Å². The third kappa shape index (κ3) is 3.06. The van der Waals surface area contributed by atoms with E-state index in [1.54, 1.807) is 0 Å². The Balaban J connectivity index is 2.44. The Morgan fingerprint density at radius 2 is 2.15 bits per heavy atom. The third-order valence-corrected chi connectivity index (χ3v) is 2.58. The summed E-state index contributed by atoms with van der Waals surface area (Å²) in [5.74, 6) is -1.52. The summed E-state index contributed by atoms with van der Waals surface area (Å²) < 4.78 is 5.84. The molecule has 2 rings (SSSR count). The molecule has 1 N–H and O–H groups in total. The Morgan fingerprint density at radius 3 is 2.75 bits per heavy atom. The molecule has 0 saturated heterocycles. The number of ether oxygens (including phenoxy) is 1. The number of carboxylic acid groups (broad SMARTS) is 1. The molecule has 9 heteroatoms. The molecule has 0 aliphatic carbocycles. The topological polar surface area (TPSA) is 115 Å². The Hall–Kier alpha value is -2.55. The predicted molar refractivity (Wildman–Crippen MR) is 69.9 cm³/mol. The fourth-order valence-electron chi connectivity index (χ4n) is 1.33. The summed E-state index contributed by atoms with van der Waals surface area (Å²) in [6.07, 6.45) is 2.83. The number of nitro groups is 1. The number of pyridine rings is 2. The Bertz CT molecular complexity index is 692. The Kier molecular flexibility index (Phi) is 3.89. The second-order valence-corrected chi connectivity index (χ2v) is 4.44. The number of aromatic carboxylic acids is 1. The van der Waals surface area contributed by atoms with Gasteiger partial charge in [0, 0.05) is 16.7 Å². The first-order valence-corrected chi connectivity index (χ1v) is 5.94. The van der Waals surface area contributed by atoms with Crippen molar-refractivity contribution in [1.29, 1.82) is 0 Å². The summed E-state index contributed by atoms with van der Waals surface area (Å²) >= 11 is 3.17. The van der Waals surface area contributed by atoms with Gasteiger partial charge in [0.25, 0.3) is 0 Å². The van der Waals surface area contributed by atoms with Crippen molar-refractivity contribution in [3.05, 3.63) is 50.9 Å². The quantitative estimate of drug-likeness (QED) is 0.672. The zero-order chi connectivity index (χ0) is 14.7. The first kappa shape index (κ1) is 13.9. The van der Waals surface area contributed by atoms with Gasteiger partial charge < -0.3 is 9.84 Å². The summed E-state index contributed by atoms with van der Waals surface area (Å²) in [4.78, 5) is 28.4. The molecule has 0 unspecified atom stereocenters. The molecule has 0 fully saturated rings. The van der Waals surface area contributed by atoms with Crippen molar-refractivity contribution in [2.75, 3.05) is 0 Å². The molecule has 0 atom stereocenters. The van der Waals surface area contributed by atoms with Crippen molar-refractivity contribution >= 4 is 27.6 Å². The molecule has 2 aromatic rings. The van der Waals surface area contributed by atoms with E-state index in [-0.39, 0.29) is 11.4 Å². The first-order chi connectivity index (χ1) is 9.47. The molecule has 20 heavy (non-hydrogen) atoms. The van der Waals surface area contributed by atoms with Crippen LogP contribution in [0.3, 0.4) is 0 Å². The standard InChI is InChI=1S/C11H6BrN3O5/c12-6-3-7(5-13-4-6)20-10-9(15(18)19)2-1-8(14-10)11(16)17/h1-5H,(H,16,17). The number of hydrogen-bond donors (Lipinski definition) is 1. The summed E-state index contributed by atoms with van der Waals surface area (Å²) in [5.41, 5.74) is -0.788. The molecule has 2 aromatic heterocycles. The maximum absolute atomic E-state index is 10.9. The number of rotatable bonds is 4. The Labute approximate surface area is 120 Å². The van der Waals surface area contributed by atoms with Crippen LogP contribution in [0.4, 0.5) is 5.69 Å². The highest BCUT2D eigenvalue weighted by Crippen LogP contribution is 2.30. The minimum absolute atomic E-state index is 0.192. The van der Waals surface area contributed by atoms with Crippen molar-refractivity contribution < 1.29 is 19.6 Å². The second kappa shape index (κ2) is 5.61. The molecule has 0 bridgehead atoms. The average Bonchev–Trinajstić information content (AvgIpc) is 2.38. The normalized spacial score (nSPS) is 10.1. The van der Waals surface area contributed by atoms with E-state index in [0.717, 1.165) is 12.1 Å². The third-order valence-electron chi connectivity index (χ3n) is 2.15. The molecule has 0 radical (unpaired) electrons. The van der Waals surface area contributed by atoms with E-state index in [1.807, 2.05) is 0 Å². The van der Waals surface area contributed by atoms with Crippen LogP contribution in [0.2, 0.25) is 0 Å². The van der Waals surface area contributed by atoms with Crippen LogP contribution in [0.25, 0.3) is 0 Å². The second-order valence-electron chi connectivity index (χ2n) is 3.52. The monoisotopic (exact) mass is 339 g/mol. The van der Waals surface area contributed by atoms with Gasteiger partial charge in [-0.1, -0.05) is 0 Å². The van der Waals surface area contributed by atoms with Gasteiger partial charge >= 0.3 is 17.5 Å². The number of carboxylic acids is 1. The van der Waals surface area contributed by atoms with Crippen molar-refractivity contribution in [2.24, 2.45) is 0 Å². The van der Waals surface area contributed by atoms with E-state index < -0.39 is 22.5 Å². The SMILES string of the molecule is O=C(O)c1ccc([N+](=O)[O-])c(Oc2cncc(Br)c2)n1. The lowest BCUT2D eigenvalue weighted by Gasteiger charge is -2.05. The van der Waals surface area contributed by atoms with Crippen LogP contribution in [-0.4, -0.2) is 26.0 Å². The summed E-state index contributed by atoms with van der Waals surface area (Å²) in [5, 5.41) is 19.7. The van der Waals surface area contributed by atoms with E-state index in [9.17, 15) is 14.9 Å². The summed E-state index contributed by atoms with van der Waals surface area (Å²) in [7, 11) is 0. The molecule has 8 nitrogen and oxygen atoms in total. The lowest BCUT2D eigenvalue weighted by Crippen LogP contribution is -2.04. The average molecular weight is 340 g/mol. The number of aromatic nitrogens is 2. The van der Waals surface area contributed by atoms with E-state index in [0.29, 0.717) is 4.47 Å². The van der Waals surface area contributed by atoms with Crippen LogP contribution in [-0.2, 0) is 0 Å². The molecule has 0 saturated carbocycles. The first-order valence-electron chi connectivity index (χ1n) is 5.14. The molecule has 0 spiro atoms. The van der Waals surface area contributed by atoms with E-state index >= 15 is 0 Å². The van der Waals surface area contributed by atoms with Crippen molar-refractivity contribution in [3.63, 3.8) is 0 Å². The van der Waals surface area contributed by atoms with E-state index in [1.165, 1.54) is 18.5 Å². The van der Waals surface area contributed by atoms with Crippen molar-refractivity contribution in [2.45, 2.75) is 0 Å². The highest BCUT2D eigenvalue weighted by molar-refractivity contribution is 9.10. The van der Waals surface area contributed by atoms with Crippen LogP contribution in [0.5, 0.6) is 11.6 Å². The number of halogens is 1. The van der Waals surface area contributed by atoms with Gasteiger partial charge in [-0.05, 0) is 28.1 Å². The number of nitrogens with zero attached hydrogens (tertiary/aromatic N) is 3. The van der Waals surface area contributed by atoms with Gasteiger partial charge in [-0.3, -0.25) is 15.1 Å². The van der Waals surface area contributed by atoms with Gasteiger partial charge in [-0.15, -0.1) is 0 Å². The fourth-order valence-corrected chi connectivity index (χ4v) is 1.67. The van der Waals surface area contributed by atoms with Crippen molar-refractivity contribution in [3.8, 4) is 11.6 Å². The lowest BCUT2D eigenvalue weighted by molar-refractivity contribution is -0.386.